The summed E-state index contributed by atoms with van der Waals surface area (Å²) in [4.78, 5) is 3.96. The highest BCUT2D eigenvalue weighted by molar-refractivity contribution is 5.10. The predicted octanol–water partition coefficient (Wildman–Crippen LogP) is 2.03. The highest BCUT2D eigenvalue weighted by Gasteiger charge is 2.12. The van der Waals surface area contributed by atoms with E-state index >= 15 is 0 Å². The molecule has 0 aliphatic carbocycles. The first-order chi connectivity index (χ1) is 6.24. The van der Waals surface area contributed by atoms with Crippen LogP contribution < -0.4 is 0 Å². The molecule has 0 aliphatic rings. The zero-order valence-electron chi connectivity index (χ0n) is 8.27. The molecule has 0 amide bonds. The summed E-state index contributed by atoms with van der Waals surface area (Å²) in [7, 11) is 0. The highest BCUT2D eigenvalue weighted by atomic mass is 16.3. The molecule has 0 saturated carbocycles. The smallest absolute Gasteiger partial charge is 0.0543 e. The number of rotatable bonds is 4. The van der Waals surface area contributed by atoms with E-state index in [0.29, 0.717) is 5.92 Å². The molecule has 0 bridgehead atoms. The molecule has 2 nitrogen and oxygen atoms in total. The number of hydrogen-bond donors (Lipinski definition) is 1. The van der Waals surface area contributed by atoms with Crippen LogP contribution in [0.2, 0.25) is 0 Å². The largest absolute Gasteiger partial charge is 0.393 e. The van der Waals surface area contributed by atoms with E-state index in [0.717, 1.165) is 12.8 Å². The van der Waals surface area contributed by atoms with Crippen LogP contribution in [0.15, 0.2) is 24.5 Å². The first-order valence-corrected chi connectivity index (χ1v) is 4.81. The number of aliphatic hydroxyl groups is 1. The lowest BCUT2D eigenvalue weighted by Crippen LogP contribution is -2.18. The summed E-state index contributed by atoms with van der Waals surface area (Å²) in [6.07, 6.45) is 5.32. The van der Waals surface area contributed by atoms with E-state index in [9.17, 15) is 5.11 Å². The summed E-state index contributed by atoms with van der Waals surface area (Å²) in [6.45, 7) is 3.97. The van der Waals surface area contributed by atoms with Gasteiger partial charge in [0.05, 0.1) is 6.10 Å². The molecule has 0 spiro atoms. The van der Waals surface area contributed by atoms with E-state index < -0.39 is 0 Å². The third-order valence-corrected chi connectivity index (χ3v) is 2.45. The van der Waals surface area contributed by atoms with Crippen molar-refractivity contribution in [1.29, 1.82) is 0 Å². The second kappa shape index (κ2) is 4.97. The molecule has 1 aromatic heterocycles. The van der Waals surface area contributed by atoms with Gasteiger partial charge in [-0.05, 0) is 37.0 Å². The molecule has 0 fully saturated rings. The summed E-state index contributed by atoms with van der Waals surface area (Å²) in [5, 5.41) is 9.46. The van der Waals surface area contributed by atoms with Crippen molar-refractivity contribution in [3.8, 4) is 0 Å². The van der Waals surface area contributed by atoms with Crippen LogP contribution in [0.1, 0.15) is 25.8 Å². The lowest BCUT2D eigenvalue weighted by Gasteiger charge is -2.17. The van der Waals surface area contributed by atoms with Crippen molar-refractivity contribution >= 4 is 0 Å². The highest BCUT2D eigenvalue weighted by Crippen LogP contribution is 2.15. The Morgan fingerprint density at radius 2 is 2.00 bits per heavy atom. The van der Waals surface area contributed by atoms with Crippen LogP contribution in [0.25, 0.3) is 0 Å². The molecular weight excluding hydrogens is 162 g/mol. The Hall–Kier alpha value is -0.890. The van der Waals surface area contributed by atoms with Crippen LogP contribution in [0.5, 0.6) is 0 Å². The third kappa shape index (κ3) is 3.15. The first kappa shape index (κ1) is 10.2. The van der Waals surface area contributed by atoms with Crippen molar-refractivity contribution in [2.24, 2.45) is 5.92 Å². The fourth-order valence-corrected chi connectivity index (χ4v) is 1.48. The molecule has 13 heavy (non-hydrogen) atoms. The van der Waals surface area contributed by atoms with Crippen molar-refractivity contribution in [2.45, 2.75) is 32.8 Å². The molecule has 1 rings (SSSR count). The number of nitrogens with zero attached hydrogens (tertiary/aromatic N) is 1. The normalized spacial score (nSPS) is 15.3. The maximum Gasteiger partial charge on any atom is 0.0543 e. The quantitative estimate of drug-likeness (QED) is 0.767. The summed E-state index contributed by atoms with van der Waals surface area (Å²) < 4.78 is 0. The molecule has 2 heteroatoms. The Morgan fingerprint density at radius 3 is 2.46 bits per heavy atom. The number of aromatic nitrogens is 1. The fourth-order valence-electron chi connectivity index (χ4n) is 1.48. The minimum Gasteiger partial charge on any atom is -0.393 e. The summed E-state index contributed by atoms with van der Waals surface area (Å²) in [5.74, 6) is 0.363. The Kier molecular flexibility index (Phi) is 3.90. The van der Waals surface area contributed by atoms with Gasteiger partial charge in [0.2, 0.25) is 0 Å². The van der Waals surface area contributed by atoms with Gasteiger partial charge in [0.1, 0.15) is 0 Å². The van der Waals surface area contributed by atoms with Gasteiger partial charge in [-0.1, -0.05) is 13.3 Å². The van der Waals surface area contributed by atoms with Gasteiger partial charge in [0.25, 0.3) is 0 Å². The average Bonchev–Trinajstić information content (AvgIpc) is 2.15. The standard InChI is InChI=1S/C11H17NO/c1-3-11(9(2)13)8-10-4-6-12-7-5-10/h4-7,9,11,13H,3,8H2,1-2H3. The molecule has 0 aromatic carbocycles. The van der Waals surface area contributed by atoms with Crippen molar-refractivity contribution in [2.75, 3.05) is 0 Å². The van der Waals surface area contributed by atoms with Gasteiger partial charge in [-0.25, -0.2) is 0 Å². The minimum absolute atomic E-state index is 0.224. The van der Waals surface area contributed by atoms with E-state index in [2.05, 4.69) is 11.9 Å². The number of aliphatic hydroxyl groups excluding tert-OH is 1. The Bertz CT molecular complexity index is 233. The molecule has 2 atom stereocenters. The molecule has 2 unspecified atom stereocenters. The zero-order valence-corrected chi connectivity index (χ0v) is 8.27. The van der Waals surface area contributed by atoms with Gasteiger partial charge in [-0.2, -0.15) is 0 Å². The van der Waals surface area contributed by atoms with Crippen LogP contribution >= 0.6 is 0 Å². The number of pyridine rings is 1. The summed E-state index contributed by atoms with van der Waals surface area (Å²) >= 11 is 0. The van der Waals surface area contributed by atoms with Crippen LogP contribution in [0.3, 0.4) is 0 Å². The predicted molar refractivity (Wildman–Crippen MR) is 53.4 cm³/mol. The second-order valence-corrected chi connectivity index (χ2v) is 3.47. The summed E-state index contributed by atoms with van der Waals surface area (Å²) in [5.41, 5.74) is 1.25. The molecule has 72 valence electrons. The lowest BCUT2D eigenvalue weighted by molar-refractivity contribution is 0.123. The average molecular weight is 179 g/mol. The van der Waals surface area contributed by atoms with Crippen molar-refractivity contribution in [3.63, 3.8) is 0 Å². The molecule has 1 N–H and O–H groups in total. The minimum atomic E-state index is -0.224. The SMILES string of the molecule is CCC(Cc1ccncc1)C(C)O. The monoisotopic (exact) mass is 179 g/mol. The number of hydrogen-bond acceptors (Lipinski definition) is 2. The summed E-state index contributed by atoms with van der Waals surface area (Å²) in [6, 6.07) is 4.01. The van der Waals surface area contributed by atoms with Crippen LogP contribution in [0.4, 0.5) is 0 Å². The van der Waals surface area contributed by atoms with Gasteiger partial charge >= 0.3 is 0 Å². The second-order valence-electron chi connectivity index (χ2n) is 3.47. The third-order valence-electron chi connectivity index (χ3n) is 2.45. The van der Waals surface area contributed by atoms with Gasteiger partial charge in [-0.3, -0.25) is 4.98 Å². The molecular formula is C11H17NO. The van der Waals surface area contributed by atoms with E-state index in [1.807, 2.05) is 19.1 Å². The van der Waals surface area contributed by atoms with Gasteiger partial charge in [0.15, 0.2) is 0 Å². The first-order valence-electron chi connectivity index (χ1n) is 4.81. The maximum atomic E-state index is 9.46. The lowest BCUT2D eigenvalue weighted by atomic mass is 9.93. The van der Waals surface area contributed by atoms with Gasteiger partial charge in [0, 0.05) is 12.4 Å². The molecule has 0 saturated heterocycles. The van der Waals surface area contributed by atoms with Crippen LogP contribution in [-0.2, 0) is 6.42 Å². The molecule has 1 aromatic rings. The maximum absolute atomic E-state index is 9.46. The topological polar surface area (TPSA) is 33.1 Å². The molecule has 0 aliphatic heterocycles. The Balaban J connectivity index is 2.57. The van der Waals surface area contributed by atoms with Crippen LogP contribution in [-0.4, -0.2) is 16.2 Å². The fraction of sp³-hybridized carbons (Fsp3) is 0.545. The van der Waals surface area contributed by atoms with Crippen molar-refractivity contribution in [1.82, 2.24) is 4.98 Å². The van der Waals surface area contributed by atoms with Crippen LogP contribution in [0, 0.1) is 5.92 Å². The Morgan fingerprint density at radius 1 is 1.38 bits per heavy atom. The Labute approximate surface area is 79.6 Å². The van der Waals surface area contributed by atoms with Gasteiger partial charge in [-0.15, -0.1) is 0 Å². The molecule has 1 heterocycles. The van der Waals surface area contributed by atoms with E-state index in [1.165, 1.54) is 5.56 Å². The zero-order chi connectivity index (χ0) is 9.68. The van der Waals surface area contributed by atoms with E-state index in [-0.39, 0.29) is 6.10 Å². The van der Waals surface area contributed by atoms with Gasteiger partial charge < -0.3 is 5.11 Å². The van der Waals surface area contributed by atoms with Crippen molar-refractivity contribution in [3.05, 3.63) is 30.1 Å². The van der Waals surface area contributed by atoms with Crippen molar-refractivity contribution < 1.29 is 5.11 Å². The van der Waals surface area contributed by atoms with E-state index in [4.69, 9.17) is 0 Å². The van der Waals surface area contributed by atoms with E-state index in [1.54, 1.807) is 12.4 Å². The molecule has 0 radical (unpaired) electrons.